The van der Waals surface area contributed by atoms with Gasteiger partial charge in [-0.1, -0.05) is 48.5 Å². The third-order valence-corrected chi connectivity index (χ3v) is 6.29. The van der Waals surface area contributed by atoms with Crippen molar-refractivity contribution >= 4 is 11.7 Å². The van der Waals surface area contributed by atoms with Crippen molar-refractivity contribution in [3.8, 4) is 5.75 Å². The summed E-state index contributed by atoms with van der Waals surface area (Å²) < 4.78 is 7.76. The first-order valence-corrected chi connectivity index (χ1v) is 12.0. The molecule has 0 unspecified atom stereocenters. The van der Waals surface area contributed by atoms with Gasteiger partial charge in [-0.15, -0.1) is 0 Å². The number of rotatable bonds is 9. The third kappa shape index (κ3) is 5.89. The maximum atomic E-state index is 13.1. The molecule has 0 aliphatic heterocycles. The lowest BCUT2D eigenvalue weighted by Gasteiger charge is -2.09. The third-order valence-electron chi connectivity index (χ3n) is 6.29. The molecule has 184 valence electrons. The zero-order valence-corrected chi connectivity index (χ0v) is 21.2. The van der Waals surface area contributed by atoms with Gasteiger partial charge in [-0.2, -0.15) is 5.10 Å². The largest absolute Gasteiger partial charge is 0.489 e. The molecule has 6 heteroatoms. The first kappa shape index (κ1) is 24.9. The van der Waals surface area contributed by atoms with Crippen molar-refractivity contribution in [2.75, 3.05) is 7.05 Å². The van der Waals surface area contributed by atoms with Gasteiger partial charge in [-0.3, -0.25) is 14.3 Å². The number of carbonyl (C=O) groups excluding carboxylic acids is 2. The van der Waals surface area contributed by atoms with Crippen LogP contribution in [-0.2, 0) is 19.6 Å². The molecule has 1 N–H and O–H groups in total. The zero-order chi connectivity index (χ0) is 25.7. The van der Waals surface area contributed by atoms with E-state index in [1.165, 1.54) is 0 Å². The smallest absolute Gasteiger partial charge is 0.251 e. The molecule has 1 heterocycles. The molecule has 0 bridgehead atoms. The Morgan fingerprint density at radius 2 is 1.64 bits per heavy atom. The average molecular weight is 482 g/mol. The Morgan fingerprint density at radius 3 is 2.36 bits per heavy atom. The van der Waals surface area contributed by atoms with E-state index in [1.54, 1.807) is 13.1 Å². The van der Waals surface area contributed by atoms with E-state index in [0.29, 0.717) is 24.3 Å². The van der Waals surface area contributed by atoms with Gasteiger partial charge < -0.3 is 10.1 Å². The first-order chi connectivity index (χ1) is 17.3. The summed E-state index contributed by atoms with van der Waals surface area (Å²) in [4.78, 5) is 25.0. The maximum Gasteiger partial charge on any atom is 0.251 e. The molecule has 0 spiro atoms. The first-order valence-electron chi connectivity index (χ1n) is 12.0. The van der Waals surface area contributed by atoms with Crippen LogP contribution in [0.1, 0.15) is 54.4 Å². The summed E-state index contributed by atoms with van der Waals surface area (Å²) in [6.07, 6.45) is 0.287. The van der Waals surface area contributed by atoms with Crippen molar-refractivity contribution in [3.63, 3.8) is 0 Å². The summed E-state index contributed by atoms with van der Waals surface area (Å²) in [5.41, 5.74) is 7.14. The van der Waals surface area contributed by atoms with E-state index >= 15 is 0 Å². The van der Waals surface area contributed by atoms with Crippen molar-refractivity contribution in [1.29, 1.82) is 0 Å². The second kappa shape index (κ2) is 11.0. The number of hydrogen-bond acceptors (Lipinski definition) is 4. The number of nitrogens with one attached hydrogen (secondary N) is 1. The van der Waals surface area contributed by atoms with Crippen LogP contribution in [0.5, 0.6) is 5.75 Å². The van der Waals surface area contributed by atoms with Crippen LogP contribution in [0.3, 0.4) is 0 Å². The molecule has 1 aromatic heterocycles. The molecule has 3 aromatic carbocycles. The highest BCUT2D eigenvalue weighted by molar-refractivity contribution is 5.97. The lowest BCUT2D eigenvalue weighted by molar-refractivity contribution is 0.0961. The molecule has 4 aromatic rings. The van der Waals surface area contributed by atoms with Crippen LogP contribution >= 0.6 is 0 Å². The van der Waals surface area contributed by atoms with Gasteiger partial charge in [-0.05, 0) is 61.7 Å². The number of benzene rings is 3. The Kier molecular flexibility index (Phi) is 7.64. The monoisotopic (exact) mass is 481 g/mol. The van der Waals surface area contributed by atoms with E-state index < -0.39 is 0 Å². The van der Waals surface area contributed by atoms with Crippen molar-refractivity contribution in [1.82, 2.24) is 15.1 Å². The summed E-state index contributed by atoms with van der Waals surface area (Å²) in [6, 6.07) is 23.0. The highest BCUT2D eigenvalue weighted by Crippen LogP contribution is 2.19. The van der Waals surface area contributed by atoms with E-state index in [1.807, 2.05) is 92.2 Å². The molecule has 0 atom stereocenters. The van der Waals surface area contributed by atoms with E-state index in [-0.39, 0.29) is 18.1 Å². The molecule has 0 fully saturated rings. The minimum atomic E-state index is -0.121. The Labute approximate surface area is 211 Å². The lowest BCUT2D eigenvalue weighted by Crippen LogP contribution is -2.18. The van der Waals surface area contributed by atoms with Crippen molar-refractivity contribution < 1.29 is 14.3 Å². The van der Waals surface area contributed by atoms with Crippen molar-refractivity contribution in [3.05, 3.63) is 118 Å². The molecular formula is C30H31N3O3. The van der Waals surface area contributed by atoms with E-state index in [4.69, 9.17) is 4.74 Å². The highest BCUT2D eigenvalue weighted by Gasteiger charge is 2.17. The molecule has 4 rings (SSSR count). The fourth-order valence-corrected chi connectivity index (χ4v) is 4.19. The number of aryl methyl sites for hydroxylation is 2. The van der Waals surface area contributed by atoms with E-state index in [9.17, 15) is 9.59 Å². The summed E-state index contributed by atoms with van der Waals surface area (Å²) in [5, 5.41) is 7.32. The van der Waals surface area contributed by atoms with Crippen LogP contribution in [0.15, 0.2) is 72.8 Å². The maximum absolute atomic E-state index is 13.1. The number of carbonyl (C=O) groups is 2. The second-order valence-corrected chi connectivity index (χ2v) is 8.99. The summed E-state index contributed by atoms with van der Waals surface area (Å²) in [6.45, 7) is 6.92. The van der Waals surface area contributed by atoms with Crippen LogP contribution in [0.4, 0.5) is 0 Å². The number of ether oxygens (including phenoxy) is 1. The number of Topliss-reactive ketones (excluding diaryl/α,β-unsaturated/α-hetero) is 1. The fraction of sp³-hybridized carbons (Fsp3) is 0.233. The number of aromatic nitrogens is 2. The number of nitrogens with zero attached hydrogens (tertiary/aromatic N) is 2. The van der Waals surface area contributed by atoms with Gasteiger partial charge in [0.05, 0.1) is 12.2 Å². The summed E-state index contributed by atoms with van der Waals surface area (Å²) >= 11 is 0. The van der Waals surface area contributed by atoms with Crippen molar-refractivity contribution in [2.45, 2.75) is 40.3 Å². The lowest BCUT2D eigenvalue weighted by atomic mass is 10.0. The molecule has 1 amide bonds. The Hall–Kier alpha value is -4.19. The topological polar surface area (TPSA) is 73.2 Å². The molecular weight excluding hydrogens is 450 g/mol. The average Bonchev–Trinajstić information content (AvgIpc) is 3.14. The van der Waals surface area contributed by atoms with E-state index in [2.05, 4.69) is 10.4 Å². The molecule has 0 saturated heterocycles. The molecule has 36 heavy (non-hydrogen) atoms. The Balaban J connectivity index is 1.41. The Morgan fingerprint density at radius 1 is 0.889 bits per heavy atom. The van der Waals surface area contributed by atoms with Crippen LogP contribution < -0.4 is 10.1 Å². The molecule has 0 aliphatic carbocycles. The van der Waals surface area contributed by atoms with Gasteiger partial charge in [0.1, 0.15) is 12.4 Å². The van der Waals surface area contributed by atoms with E-state index in [0.717, 1.165) is 39.4 Å². The van der Waals surface area contributed by atoms with Crippen LogP contribution in [-0.4, -0.2) is 28.5 Å². The van der Waals surface area contributed by atoms with Gasteiger partial charge in [-0.25, -0.2) is 0 Å². The SMILES string of the molecule is CNC(=O)c1cccc(Cn2nc(C)c(CC(=O)c3ccc(COc4cccc(C)c4)cc3)c2C)c1. The van der Waals surface area contributed by atoms with Gasteiger partial charge in [0, 0.05) is 35.9 Å². The molecule has 0 radical (unpaired) electrons. The summed E-state index contributed by atoms with van der Waals surface area (Å²) in [7, 11) is 1.62. The van der Waals surface area contributed by atoms with Gasteiger partial charge in [0.15, 0.2) is 5.78 Å². The minimum Gasteiger partial charge on any atom is -0.489 e. The highest BCUT2D eigenvalue weighted by atomic mass is 16.5. The van der Waals surface area contributed by atoms with Crippen LogP contribution in [0.2, 0.25) is 0 Å². The quantitative estimate of drug-likeness (QED) is 0.333. The van der Waals surface area contributed by atoms with Crippen LogP contribution in [0.25, 0.3) is 0 Å². The van der Waals surface area contributed by atoms with Gasteiger partial charge in [0.25, 0.3) is 5.91 Å². The molecule has 0 aliphatic rings. The van der Waals surface area contributed by atoms with Crippen LogP contribution in [0, 0.1) is 20.8 Å². The normalized spacial score (nSPS) is 10.8. The fourth-order valence-electron chi connectivity index (χ4n) is 4.19. The van der Waals surface area contributed by atoms with Gasteiger partial charge in [0.2, 0.25) is 0 Å². The summed E-state index contributed by atoms with van der Waals surface area (Å²) in [5.74, 6) is 0.760. The number of hydrogen-bond donors (Lipinski definition) is 1. The predicted molar refractivity (Wildman–Crippen MR) is 141 cm³/mol. The number of ketones is 1. The molecule has 6 nitrogen and oxygen atoms in total. The van der Waals surface area contributed by atoms with Gasteiger partial charge >= 0.3 is 0 Å². The second-order valence-electron chi connectivity index (χ2n) is 8.99. The standard InChI is InChI=1S/C30H31N3O3/c1-20-7-5-10-27(15-20)36-19-23-11-13-25(14-12-23)29(34)17-28-21(2)32-33(22(28)3)18-24-8-6-9-26(16-24)30(35)31-4/h5-16H,17-19H2,1-4H3,(H,31,35). The molecule has 0 saturated carbocycles. The minimum absolute atomic E-state index is 0.0496. The Bertz CT molecular complexity index is 1390. The zero-order valence-electron chi connectivity index (χ0n) is 21.2. The number of amides is 1. The van der Waals surface area contributed by atoms with Crippen molar-refractivity contribution in [2.24, 2.45) is 0 Å². The predicted octanol–water partition coefficient (Wildman–Crippen LogP) is 5.22.